The third kappa shape index (κ3) is 4.46. The summed E-state index contributed by atoms with van der Waals surface area (Å²) < 4.78 is 0. The second-order valence-corrected chi connectivity index (χ2v) is 5.59. The molecule has 4 heteroatoms. The first kappa shape index (κ1) is 15.8. The summed E-state index contributed by atoms with van der Waals surface area (Å²) in [7, 11) is 0. The minimum absolute atomic E-state index is 0.116. The van der Waals surface area contributed by atoms with Gasteiger partial charge in [-0.15, -0.1) is 0 Å². The molecule has 2 aromatic rings. The van der Waals surface area contributed by atoms with Crippen LogP contribution in [0.3, 0.4) is 0 Å². The van der Waals surface area contributed by atoms with Crippen molar-refractivity contribution in [2.45, 2.75) is 25.5 Å². The number of phenols is 1. The number of halogens is 1. The second kappa shape index (κ2) is 7.46. The second-order valence-electron chi connectivity index (χ2n) is 5.18. The molecule has 0 aliphatic heterocycles. The van der Waals surface area contributed by atoms with Crippen LogP contribution < -0.4 is 5.32 Å². The van der Waals surface area contributed by atoms with Gasteiger partial charge in [0.2, 0.25) is 0 Å². The van der Waals surface area contributed by atoms with Gasteiger partial charge in [0.1, 0.15) is 5.75 Å². The third-order valence-corrected chi connectivity index (χ3v) is 3.81. The molecule has 3 N–H and O–H groups in total. The van der Waals surface area contributed by atoms with Gasteiger partial charge in [0, 0.05) is 23.2 Å². The van der Waals surface area contributed by atoms with Crippen molar-refractivity contribution in [3.63, 3.8) is 0 Å². The highest BCUT2D eigenvalue weighted by molar-refractivity contribution is 6.31. The van der Waals surface area contributed by atoms with E-state index in [-0.39, 0.29) is 11.8 Å². The van der Waals surface area contributed by atoms with E-state index in [1.165, 1.54) is 0 Å². The number of rotatable bonds is 6. The molecular weight excluding hydrogens is 286 g/mol. The molecule has 0 saturated heterocycles. The van der Waals surface area contributed by atoms with Crippen LogP contribution in [0.4, 0.5) is 0 Å². The Bertz CT molecular complexity index is 589. The zero-order valence-electron chi connectivity index (χ0n) is 12.0. The van der Waals surface area contributed by atoms with Crippen molar-refractivity contribution < 1.29 is 10.2 Å². The van der Waals surface area contributed by atoms with Crippen molar-refractivity contribution >= 4 is 11.6 Å². The monoisotopic (exact) mass is 305 g/mol. The molecule has 0 saturated carbocycles. The lowest BCUT2D eigenvalue weighted by Crippen LogP contribution is -2.32. The number of benzene rings is 2. The van der Waals surface area contributed by atoms with Crippen LogP contribution in [0, 0.1) is 0 Å². The first-order chi connectivity index (χ1) is 10.1. The van der Waals surface area contributed by atoms with Gasteiger partial charge in [-0.2, -0.15) is 0 Å². The van der Waals surface area contributed by atoms with E-state index < -0.39 is 6.10 Å². The zero-order chi connectivity index (χ0) is 15.2. The number of hydrogen-bond acceptors (Lipinski definition) is 3. The van der Waals surface area contributed by atoms with Crippen LogP contribution >= 0.6 is 11.6 Å². The highest BCUT2D eigenvalue weighted by Gasteiger charge is 2.13. The number of hydrogen-bond donors (Lipinski definition) is 3. The Balaban J connectivity index is 1.88. The molecule has 0 bridgehead atoms. The molecule has 0 spiro atoms. The summed E-state index contributed by atoms with van der Waals surface area (Å²) in [5, 5.41) is 23.9. The molecule has 3 nitrogen and oxygen atoms in total. The molecule has 1 unspecified atom stereocenters. The third-order valence-electron chi connectivity index (χ3n) is 3.44. The maximum atomic E-state index is 10.1. The molecule has 2 aromatic carbocycles. The van der Waals surface area contributed by atoms with E-state index in [2.05, 4.69) is 5.32 Å². The predicted molar refractivity (Wildman–Crippen MR) is 85.7 cm³/mol. The number of aliphatic hydroxyl groups is 1. The molecule has 0 radical (unpaired) electrons. The minimum Gasteiger partial charge on any atom is -0.508 e. The number of phenolic OH excluding ortho intramolecular Hbond substituents is 1. The minimum atomic E-state index is -0.736. The lowest BCUT2D eigenvalue weighted by molar-refractivity contribution is 0.167. The Hall–Kier alpha value is -1.55. The standard InChI is InChI=1S/C17H20ClNO2/c1-12(10-13-6-2-4-8-15(13)18)19-11-17(21)14-7-3-5-9-16(14)20/h2-9,12,17,19-21H,10-11H2,1H3/t12?,17-/m0/s1. The zero-order valence-corrected chi connectivity index (χ0v) is 12.7. The highest BCUT2D eigenvalue weighted by Crippen LogP contribution is 2.23. The van der Waals surface area contributed by atoms with E-state index in [1.54, 1.807) is 24.3 Å². The van der Waals surface area contributed by atoms with E-state index >= 15 is 0 Å². The average molecular weight is 306 g/mol. The fourth-order valence-corrected chi connectivity index (χ4v) is 2.47. The number of aromatic hydroxyl groups is 1. The van der Waals surface area contributed by atoms with Crippen LogP contribution in [-0.4, -0.2) is 22.8 Å². The van der Waals surface area contributed by atoms with Gasteiger partial charge in [-0.1, -0.05) is 48.0 Å². The van der Waals surface area contributed by atoms with Crippen molar-refractivity contribution in [2.24, 2.45) is 0 Å². The smallest absolute Gasteiger partial charge is 0.121 e. The fraction of sp³-hybridized carbons (Fsp3) is 0.294. The van der Waals surface area contributed by atoms with Gasteiger partial charge in [0.25, 0.3) is 0 Å². The fourth-order valence-electron chi connectivity index (χ4n) is 2.26. The van der Waals surface area contributed by atoms with Crippen LogP contribution in [0.1, 0.15) is 24.2 Å². The van der Waals surface area contributed by atoms with Gasteiger partial charge < -0.3 is 15.5 Å². The largest absolute Gasteiger partial charge is 0.508 e. The van der Waals surface area contributed by atoms with Crippen molar-refractivity contribution in [3.8, 4) is 5.75 Å². The summed E-state index contributed by atoms with van der Waals surface area (Å²) in [5.74, 6) is 0.116. The molecule has 0 amide bonds. The molecular formula is C17H20ClNO2. The first-order valence-corrected chi connectivity index (χ1v) is 7.38. The highest BCUT2D eigenvalue weighted by atomic mass is 35.5. The van der Waals surface area contributed by atoms with Crippen LogP contribution in [-0.2, 0) is 6.42 Å². The van der Waals surface area contributed by atoms with Gasteiger partial charge in [-0.25, -0.2) is 0 Å². The van der Waals surface area contributed by atoms with E-state index in [9.17, 15) is 10.2 Å². The molecule has 0 aliphatic carbocycles. The molecule has 21 heavy (non-hydrogen) atoms. The number of para-hydroxylation sites is 1. The number of aliphatic hydroxyl groups excluding tert-OH is 1. The van der Waals surface area contributed by atoms with Crippen LogP contribution in [0.2, 0.25) is 5.02 Å². The maximum Gasteiger partial charge on any atom is 0.121 e. The quantitative estimate of drug-likeness (QED) is 0.767. The predicted octanol–water partition coefficient (Wildman–Crippen LogP) is 3.30. The van der Waals surface area contributed by atoms with E-state index in [0.717, 1.165) is 17.0 Å². The Kier molecular flexibility index (Phi) is 5.62. The average Bonchev–Trinajstić information content (AvgIpc) is 2.48. The summed E-state index contributed by atoms with van der Waals surface area (Å²) in [6.07, 6.45) is 0.0487. The first-order valence-electron chi connectivity index (χ1n) is 7.00. The van der Waals surface area contributed by atoms with Crippen molar-refractivity contribution in [1.82, 2.24) is 5.32 Å². The Labute approximate surface area is 130 Å². The Morgan fingerprint density at radius 1 is 1.10 bits per heavy atom. The maximum absolute atomic E-state index is 10.1. The Morgan fingerprint density at radius 3 is 2.48 bits per heavy atom. The lowest BCUT2D eigenvalue weighted by atomic mass is 10.1. The molecule has 2 atom stereocenters. The van der Waals surface area contributed by atoms with Gasteiger partial charge in [-0.05, 0) is 31.0 Å². The summed E-state index contributed by atoms with van der Waals surface area (Å²) in [6.45, 7) is 2.42. The van der Waals surface area contributed by atoms with Gasteiger partial charge >= 0.3 is 0 Å². The van der Waals surface area contributed by atoms with Crippen LogP contribution in [0.15, 0.2) is 48.5 Å². The summed E-state index contributed by atoms with van der Waals surface area (Å²) in [6, 6.07) is 14.7. The Morgan fingerprint density at radius 2 is 1.76 bits per heavy atom. The topological polar surface area (TPSA) is 52.5 Å². The molecule has 0 heterocycles. The SMILES string of the molecule is CC(Cc1ccccc1Cl)NC[C@H](O)c1ccccc1O. The molecule has 0 aliphatic rings. The van der Waals surface area contributed by atoms with E-state index in [4.69, 9.17) is 11.6 Å². The normalized spacial score (nSPS) is 13.9. The lowest BCUT2D eigenvalue weighted by Gasteiger charge is -2.18. The van der Waals surface area contributed by atoms with Crippen molar-refractivity contribution in [3.05, 3.63) is 64.7 Å². The summed E-state index contributed by atoms with van der Waals surface area (Å²) in [4.78, 5) is 0. The van der Waals surface area contributed by atoms with E-state index in [0.29, 0.717) is 12.1 Å². The van der Waals surface area contributed by atoms with Crippen molar-refractivity contribution in [2.75, 3.05) is 6.54 Å². The van der Waals surface area contributed by atoms with Crippen LogP contribution in [0.5, 0.6) is 5.75 Å². The summed E-state index contributed by atoms with van der Waals surface area (Å²) >= 11 is 6.14. The molecule has 112 valence electrons. The van der Waals surface area contributed by atoms with Gasteiger partial charge in [-0.3, -0.25) is 0 Å². The summed E-state index contributed by atoms with van der Waals surface area (Å²) in [5.41, 5.74) is 1.62. The van der Waals surface area contributed by atoms with Gasteiger partial charge in [0.05, 0.1) is 6.10 Å². The molecule has 0 aromatic heterocycles. The van der Waals surface area contributed by atoms with E-state index in [1.807, 2.05) is 31.2 Å². The van der Waals surface area contributed by atoms with Crippen LogP contribution in [0.25, 0.3) is 0 Å². The molecule has 2 rings (SSSR count). The van der Waals surface area contributed by atoms with Crippen molar-refractivity contribution in [1.29, 1.82) is 0 Å². The van der Waals surface area contributed by atoms with Gasteiger partial charge in [0.15, 0.2) is 0 Å². The molecule has 0 fully saturated rings. The number of nitrogens with one attached hydrogen (secondary N) is 1.